The highest BCUT2D eigenvalue weighted by Gasteiger charge is 2.31. The summed E-state index contributed by atoms with van der Waals surface area (Å²) in [6.07, 6.45) is 6.07. The van der Waals surface area contributed by atoms with E-state index in [1.165, 1.54) is 0 Å². The van der Waals surface area contributed by atoms with Crippen LogP contribution >= 0.6 is 11.8 Å². The minimum absolute atomic E-state index is 0.0198. The molecule has 1 saturated heterocycles. The molecule has 0 radical (unpaired) electrons. The number of hydrogen-bond donors (Lipinski definition) is 2. The number of carbonyl (C=O) groups is 1. The minimum Gasteiger partial charge on any atom is -0.380 e. The Morgan fingerprint density at radius 2 is 2.31 bits per heavy atom. The molecule has 0 aromatic carbocycles. The van der Waals surface area contributed by atoms with Crippen LogP contribution in [0.3, 0.4) is 0 Å². The van der Waals surface area contributed by atoms with Crippen molar-refractivity contribution in [3.05, 3.63) is 29.7 Å². The van der Waals surface area contributed by atoms with E-state index >= 15 is 0 Å². The van der Waals surface area contributed by atoms with Crippen LogP contribution in [-0.4, -0.2) is 70.4 Å². The average Bonchev–Trinajstić information content (AvgIpc) is 3.16. The maximum absolute atomic E-state index is 13.0. The predicted molar refractivity (Wildman–Crippen MR) is 102 cm³/mol. The number of aromatic nitrogens is 3. The third kappa shape index (κ3) is 3.17. The molecule has 0 saturated carbocycles. The summed E-state index contributed by atoms with van der Waals surface area (Å²) in [7, 11) is 1.67. The van der Waals surface area contributed by atoms with Gasteiger partial charge in [-0.05, 0) is 12.5 Å². The van der Waals surface area contributed by atoms with Crippen LogP contribution in [0.4, 0.5) is 5.82 Å². The quantitative estimate of drug-likeness (QED) is 0.824. The topological polar surface area (TPSA) is 100 Å². The summed E-state index contributed by atoms with van der Waals surface area (Å²) >= 11 is 1.58. The van der Waals surface area contributed by atoms with E-state index in [1.807, 2.05) is 28.3 Å². The number of ether oxygens (including phenoxy) is 1. The summed E-state index contributed by atoms with van der Waals surface area (Å²) in [5.41, 5.74) is 6.93. The van der Waals surface area contributed by atoms with E-state index in [-0.39, 0.29) is 18.1 Å². The van der Waals surface area contributed by atoms with E-state index in [1.54, 1.807) is 25.2 Å². The fraction of sp³-hybridized carbons (Fsp3) is 0.471. The van der Waals surface area contributed by atoms with E-state index in [4.69, 9.17) is 10.5 Å². The molecule has 9 heteroatoms. The molecule has 0 bridgehead atoms. The first kappa shape index (κ1) is 17.3. The van der Waals surface area contributed by atoms with E-state index in [2.05, 4.69) is 15.0 Å². The van der Waals surface area contributed by atoms with Gasteiger partial charge in [-0.2, -0.15) is 0 Å². The highest BCUT2D eigenvalue weighted by Crippen LogP contribution is 2.30. The van der Waals surface area contributed by atoms with Gasteiger partial charge in [0, 0.05) is 50.9 Å². The van der Waals surface area contributed by atoms with Crippen molar-refractivity contribution in [1.82, 2.24) is 19.9 Å². The van der Waals surface area contributed by atoms with Crippen LogP contribution < -0.4 is 10.6 Å². The molecule has 2 aliphatic rings. The normalized spacial score (nSPS) is 24.0. The summed E-state index contributed by atoms with van der Waals surface area (Å²) in [5.74, 6) is 1.68. The second kappa shape index (κ2) is 7.26. The smallest absolute Gasteiger partial charge is 0.261 e. The van der Waals surface area contributed by atoms with Crippen LogP contribution in [0.15, 0.2) is 29.7 Å². The van der Waals surface area contributed by atoms with Crippen LogP contribution in [0.1, 0.15) is 6.42 Å². The summed E-state index contributed by atoms with van der Waals surface area (Å²) < 4.78 is 5.38. The van der Waals surface area contributed by atoms with Crippen LogP contribution in [0.2, 0.25) is 0 Å². The van der Waals surface area contributed by atoms with Gasteiger partial charge in [0.15, 0.2) is 0 Å². The Morgan fingerprint density at radius 1 is 1.42 bits per heavy atom. The summed E-state index contributed by atoms with van der Waals surface area (Å²) in [6, 6.07) is 1.81. The van der Waals surface area contributed by atoms with Crippen molar-refractivity contribution in [2.75, 3.05) is 37.4 Å². The van der Waals surface area contributed by atoms with E-state index < -0.39 is 0 Å². The Kier molecular flexibility index (Phi) is 4.84. The lowest BCUT2D eigenvalue weighted by molar-refractivity contribution is -0.129. The van der Waals surface area contributed by atoms with Crippen molar-refractivity contribution in [2.24, 2.45) is 5.73 Å². The second-order valence-electron chi connectivity index (χ2n) is 6.45. The zero-order valence-electron chi connectivity index (χ0n) is 14.6. The third-order valence-electron chi connectivity index (χ3n) is 4.86. The van der Waals surface area contributed by atoms with Gasteiger partial charge in [-0.1, -0.05) is 0 Å². The SMILES string of the molecule is CO[C@H]1CCN(C(=O)C2=CN(c3ncnc4[nH]ccc34)CCS2)C[C@@H]1N. The monoisotopic (exact) mass is 374 g/mol. The van der Waals surface area contributed by atoms with Gasteiger partial charge < -0.3 is 25.3 Å². The lowest BCUT2D eigenvalue weighted by Crippen LogP contribution is -2.54. The number of carbonyl (C=O) groups excluding carboxylic acids is 1. The number of nitrogens with one attached hydrogen (secondary N) is 1. The molecule has 4 rings (SSSR count). The fourth-order valence-corrected chi connectivity index (χ4v) is 4.42. The van der Waals surface area contributed by atoms with Gasteiger partial charge in [-0.3, -0.25) is 4.79 Å². The molecule has 2 aliphatic heterocycles. The molecular formula is C17H22N6O2S. The number of fused-ring (bicyclic) bond motifs is 1. The number of piperidine rings is 1. The summed E-state index contributed by atoms with van der Waals surface area (Å²) in [5, 5.41) is 0.949. The number of amides is 1. The standard InChI is InChI=1S/C17H22N6O2S/c1-25-13-3-5-23(8-12(13)18)17(24)14-9-22(6-7-26-14)16-11-2-4-19-15(11)20-10-21-16/h2,4,9-10,12-13H,3,5-8,18H2,1H3,(H,19,20,21)/t12-,13-/m0/s1. The predicted octanol–water partition coefficient (Wildman–Crippen LogP) is 0.927. The number of likely N-dealkylation sites (tertiary alicyclic amines) is 1. The number of anilines is 1. The van der Waals surface area contributed by atoms with E-state index in [0.29, 0.717) is 13.1 Å². The maximum Gasteiger partial charge on any atom is 0.261 e. The Bertz CT molecular complexity index is 838. The molecule has 2 atom stereocenters. The zero-order valence-corrected chi connectivity index (χ0v) is 15.4. The second-order valence-corrected chi connectivity index (χ2v) is 7.59. The molecule has 2 aromatic rings. The van der Waals surface area contributed by atoms with E-state index in [0.717, 1.165) is 40.5 Å². The van der Waals surface area contributed by atoms with Crippen molar-refractivity contribution >= 4 is 34.5 Å². The molecular weight excluding hydrogens is 352 g/mol. The van der Waals surface area contributed by atoms with Crippen molar-refractivity contribution in [3.63, 3.8) is 0 Å². The lowest BCUT2D eigenvalue weighted by atomic mass is 10.0. The Balaban J connectivity index is 1.55. The molecule has 1 fully saturated rings. The van der Waals surface area contributed by atoms with Crippen molar-refractivity contribution < 1.29 is 9.53 Å². The van der Waals surface area contributed by atoms with E-state index in [9.17, 15) is 4.79 Å². The largest absolute Gasteiger partial charge is 0.380 e. The number of nitrogens with zero attached hydrogens (tertiary/aromatic N) is 4. The first-order valence-electron chi connectivity index (χ1n) is 8.64. The summed E-state index contributed by atoms with van der Waals surface area (Å²) in [6.45, 7) is 1.98. The van der Waals surface area contributed by atoms with Gasteiger partial charge in [0.1, 0.15) is 17.8 Å². The van der Waals surface area contributed by atoms with Crippen LogP contribution in [0.25, 0.3) is 11.0 Å². The average molecular weight is 374 g/mol. The van der Waals surface area contributed by atoms with Crippen molar-refractivity contribution in [1.29, 1.82) is 0 Å². The van der Waals surface area contributed by atoms with Gasteiger partial charge in [0.2, 0.25) is 0 Å². The molecule has 26 heavy (non-hydrogen) atoms. The molecule has 4 heterocycles. The molecule has 0 aliphatic carbocycles. The molecule has 8 nitrogen and oxygen atoms in total. The Morgan fingerprint density at radius 3 is 3.12 bits per heavy atom. The number of aromatic amines is 1. The van der Waals surface area contributed by atoms with Crippen LogP contribution in [0, 0.1) is 0 Å². The van der Waals surface area contributed by atoms with Gasteiger partial charge in [0.05, 0.1) is 16.4 Å². The highest BCUT2D eigenvalue weighted by atomic mass is 32.2. The number of rotatable bonds is 3. The van der Waals surface area contributed by atoms with Crippen molar-refractivity contribution in [2.45, 2.75) is 18.6 Å². The maximum atomic E-state index is 13.0. The lowest BCUT2D eigenvalue weighted by Gasteiger charge is -2.37. The number of hydrogen-bond acceptors (Lipinski definition) is 7. The Hall–Kier alpha value is -2.10. The number of methoxy groups -OCH3 is 1. The molecule has 138 valence electrons. The first-order valence-corrected chi connectivity index (χ1v) is 9.63. The van der Waals surface area contributed by atoms with Gasteiger partial charge in [-0.15, -0.1) is 11.8 Å². The van der Waals surface area contributed by atoms with Crippen molar-refractivity contribution in [3.8, 4) is 0 Å². The van der Waals surface area contributed by atoms with Gasteiger partial charge in [-0.25, -0.2) is 9.97 Å². The van der Waals surface area contributed by atoms with Gasteiger partial charge >= 0.3 is 0 Å². The number of thioether (sulfide) groups is 1. The van der Waals surface area contributed by atoms with Crippen LogP contribution in [0.5, 0.6) is 0 Å². The fourth-order valence-electron chi connectivity index (χ4n) is 3.46. The zero-order chi connectivity index (χ0) is 18.1. The summed E-state index contributed by atoms with van der Waals surface area (Å²) in [4.78, 5) is 29.3. The number of nitrogens with two attached hydrogens (primary N) is 1. The molecule has 1 amide bonds. The third-order valence-corrected chi connectivity index (χ3v) is 5.84. The molecule has 2 aromatic heterocycles. The molecule has 3 N–H and O–H groups in total. The first-order chi connectivity index (χ1) is 12.7. The number of H-pyrrole nitrogens is 1. The molecule has 0 spiro atoms. The van der Waals surface area contributed by atoms with Gasteiger partial charge in [0.25, 0.3) is 5.91 Å². The Labute approximate surface area is 155 Å². The minimum atomic E-state index is -0.149. The van der Waals surface area contributed by atoms with Crippen LogP contribution in [-0.2, 0) is 9.53 Å². The molecule has 0 unspecified atom stereocenters. The highest BCUT2D eigenvalue weighted by molar-refractivity contribution is 8.04.